The molecule has 26 heavy (non-hydrogen) atoms. The number of benzene rings is 2. The first-order valence-corrected chi connectivity index (χ1v) is 8.49. The Morgan fingerprint density at radius 2 is 1.96 bits per heavy atom. The Kier molecular flexibility index (Phi) is 5.21. The van der Waals surface area contributed by atoms with E-state index in [4.69, 9.17) is 4.74 Å². The second kappa shape index (κ2) is 7.56. The summed E-state index contributed by atoms with van der Waals surface area (Å²) in [6.07, 6.45) is 0. The Morgan fingerprint density at radius 3 is 2.65 bits per heavy atom. The number of hydrogen-bond acceptors (Lipinski definition) is 3. The molecule has 0 bridgehead atoms. The summed E-state index contributed by atoms with van der Waals surface area (Å²) in [5.74, 6) is -0.338. The summed E-state index contributed by atoms with van der Waals surface area (Å²) in [4.78, 5) is 28.2. The number of ether oxygens (including phenoxy) is 1. The minimum Gasteiger partial charge on any atom is -0.484 e. The first-order chi connectivity index (χ1) is 12.4. The lowest BCUT2D eigenvalue weighted by Crippen LogP contribution is -2.58. The van der Waals surface area contributed by atoms with Gasteiger partial charge in [-0.3, -0.25) is 9.59 Å². The van der Waals surface area contributed by atoms with Gasteiger partial charge in [0, 0.05) is 18.3 Å². The van der Waals surface area contributed by atoms with Crippen LogP contribution in [0.4, 0.5) is 10.1 Å². The van der Waals surface area contributed by atoms with Gasteiger partial charge in [-0.1, -0.05) is 12.1 Å². The van der Waals surface area contributed by atoms with Crippen LogP contribution in [-0.4, -0.2) is 42.5 Å². The van der Waals surface area contributed by atoms with Crippen LogP contribution in [0.5, 0.6) is 5.75 Å². The highest BCUT2D eigenvalue weighted by molar-refractivity contribution is 5.98. The number of hydrogen-bond donors (Lipinski definition) is 0. The molecule has 2 amide bonds. The highest BCUT2D eigenvalue weighted by Gasteiger charge is 2.33. The van der Waals surface area contributed by atoms with E-state index in [1.807, 2.05) is 38.1 Å². The van der Waals surface area contributed by atoms with Crippen molar-refractivity contribution in [2.45, 2.75) is 19.9 Å². The van der Waals surface area contributed by atoms with Crippen LogP contribution in [0.2, 0.25) is 0 Å². The van der Waals surface area contributed by atoms with Crippen molar-refractivity contribution in [1.29, 1.82) is 0 Å². The van der Waals surface area contributed by atoms with Gasteiger partial charge in [0.25, 0.3) is 5.91 Å². The molecule has 1 fully saturated rings. The normalized spacial score (nSPS) is 17.3. The molecule has 0 aromatic heterocycles. The monoisotopic (exact) mass is 356 g/mol. The average Bonchev–Trinajstić information content (AvgIpc) is 2.62. The average molecular weight is 356 g/mol. The van der Waals surface area contributed by atoms with Gasteiger partial charge >= 0.3 is 0 Å². The number of anilines is 1. The van der Waals surface area contributed by atoms with Gasteiger partial charge in [-0.15, -0.1) is 0 Å². The number of carbonyl (C=O) groups excluding carboxylic acids is 2. The molecule has 0 saturated carbocycles. The van der Waals surface area contributed by atoms with E-state index < -0.39 is 0 Å². The lowest BCUT2D eigenvalue weighted by Gasteiger charge is -2.39. The van der Waals surface area contributed by atoms with Crippen LogP contribution in [0.25, 0.3) is 0 Å². The van der Waals surface area contributed by atoms with Crippen LogP contribution in [0.15, 0.2) is 48.5 Å². The Bertz CT molecular complexity index is 807. The zero-order valence-electron chi connectivity index (χ0n) is 14.8. The minimum atomic E-state index is -0.366. The molecule has 0 aliphatic carbocycles. The fourth-order valence-corrected chi connectivity index (χ4v) is 2.99. The third-order valence-electron chi connectivity index (χ3n) is 4.40. The zero-order valence-corrected chi connectivity index (χ0v) is 14.8. The van der Waals surface area contributed by atoms with E-state index in [1.165, 1.54) is 29.2 Å². The quantitative estimate of drug-likeness (QED) is 0.846. The minimum absolute atomic E-state index is 0.0146. The Labute approximate surface area is 152 Å². The van der Waals surface area contributed by atoms with Gasteiger partial charge in [0.1, 0.15) is 18.1 Å². The van der Waals surface area contributed by atoms with Crippen molar-refractivity contribution in [1.82, 2.24) is 4.90 Å². The molecule has 1 aliphatic rings. The number of carbonyl (C=O) groups is 2. The number of halogens is 1. The van der Waals surface area contributed by atoms with Gasteiger partial charge < -0.3 is 14.5 Å². The van der Waals surface area contributed by atoms with Crippen molar-refractivity contribution in [2.75, 3.05) is 24.6 Å². The van der Waals surface area contributed by atoms with Gasteiger partial charge in [0.2, 0.25) is 5.91 Å². The van der Waals surface area contributed by atoms with E-state index in [0.717, 1.165) is 11.3 Å². The molecule has 1 aliphatic heterocycles. The second-order valence-electron chi connectivity index (χ2n) is 6.46. The van der Waals surface area contributed by atoms with Crippen molar-refractivity contribution < 1.29 is 18.7 Å². The number of rotatable bonds is 4. The van der Waals surface area contributed by atoms with Gasteiger partial charge in [0.15, 0.2) is 6.61 Å². The molecule has 136 valence electrons. The maximum atomic E-state index is 12.9. The first kappa shape index (κ1) is 17.9. The molecule has 6 heteroatoms. The molecule has 1 saturated heterocycles. The van der Waals surface area contributed by atoms with Crippen LogP contribution in [-0.2, 0) is 9.59 Å². The van der Waals surface area contributed by atoms with Crippen molar-refractivity contribution in [3.8, 4) is 5.75 Å². The lowest BCUT2D eigenvalue weighted by atomic mass is 10.1. The number of nitrogens with zero attached hydrogens (tertiary/aromatic N) is 2. The zero-order chi connectivity index (χ0) is 18.7. The highest BCUT2D eigenvalue weighted by Crippen LogP contribution is 2.21. The molecule has 0 N–H and O–H groups in total. The Balaban J connectivity index is 1.62. The van der Waals surface area contributed by atoms with Gasteiger partial charge in [-0.2, -0.15) is 0 Å². The predicted octanol–water partition coefficient (Wildman–Crippen LogP) is 2.78. The summed E-state index contributed by atoms with van der Waals surface area (Å²) in [5, 5.41) is 0. The molecular weight excluding hydrogens is 335 g/mol. The maximum Gasteiger partial charge on any atom is 0.261 e. The number of aryl methyl sites for hydroxylation is 1. The van der Waals surface area contributed by atoms with E-state index >= 15 is 0 Å². The molecule has 5 nitrogen and oxygen atoms in total. The van der Waals surface area contributed by atoms with E-state index in [9.17, 15) is 14.0 Å². The van der Waals surface area contributed by atoms with Crippen LogP contribution in [0.1, 0.15) is 12.5 Å². The molecule has 1 atom stereocenters. The number of amides is 2. The third kappa shape index (κ3) is 4.02. The van der Waals surface area contributed by atoms with Crippen LogP contribution in [0.3, 0.4) is 0 Å². The molecular formula is C20H21FN2O3. The van der Waals surface area contributed by atoms with E-state index in [1.54, 1.807) is 4.90 Å². The van der Waals surface area contributed by atoms with Crippen molar-refractivity contribution >= 4 is 17.5 Å². The summed E-state index contributed by atoms with van der Waals surface area (Å²) < 4.78 is 18.3. The van der Waals surface area contributed by atoms with E-state index in [-0.39, 0.29) is 36.8 Å². The summed E-state index contributed by atoms with van der Waals surface area (Å²) in [6.45, 7) is 4.15. The topological polar surface area (TPSA) is 49.9 Å². The molecule has 2 aromatic rings. The Hall–Kier alpha value is -2.89. The third-order valence-corrected chi connectivity index (χ3v) is 4.40. The smallest absolute Gasteiger partial charge is 0.261 e. The fraction of sp³-hybridized carbons (Fsp3) is 0.300. The second-order valence-corrected chi connectivity index (χ2v) is 6.46. The standard InChI is InChI=1S/C20H21FN2O3/c1-14-4-3-5-17(10-14)23-11-15(2)22(12-19(23)24)20(25)13-26-18-8-6-16(21)7-9-18/h3-10,15H,11-13H2,1-2H3/t15-/m0/s1. The van der Waals surface area contributed by atoms with E-state index in [2.05, 4.69) is 0 Å². The summed E-state index contributed by atoms with van der Waals surface area (Å²) in [6, 6.07) is 13.1. The van der Waals surface area contributed by atoms with E-state index in [0.29, 0.717) is 12.3 Å². The van der Waals surface area contributed by atoms with Crippen LogP contribution in [0, 0.1) is 12.7 Å². The Morgan fingerprint density at radius 1 is 1.23 bits per heavy atom. The molecule has 1 heterocycles. The highest BCUT2D eigenvalue weighted by atomic mass is 19.1. The summed E-state index contributed by atoms with van der Waals surface area (Å²) in [7, 11) is 0. The molecule has 2 aromatic carbocycles. The first-order valence-electron chi connectivity index (χ1n) is 8.49. The van der Waals surface area contributed by atoms with Crippen molar-refractivity contribution in [2.24, 2.45) is 0 Å². The molecule has 0 spiro atoms. The van der Waals surface area contributed by atoms with Crippen LogP contribution >= 0.6 is 0 Å². The summed E-state index contributed by atoms with van der Waals surface area (Å²) >= 11 is 0. The maximum absolute atomic E-state index is 12.9. The SMILES string of the molecule is Cc1cccc(N2C[C@H](C)N(C(=O)COc3ccc(F)cc3)CC2=O)c1. The van der Waals surface area contributed by atoms with Crippen molar-refractivity contribution in [3.05, 3.63) is 59.9 Å². The molecule has 3 rings (SSSR count). The largest absolute Gasteiger partial charge is 0.484 e. The fourth-order valence-electron chi connectivity index (χ4n) is 2.99. The van der Waals surface area contributed by atoms with Crippen LogP contribution < -0.4 is 9.64 Å². The lowest BCUT2D eigenvalue weighted by molar-refractivity contribution is -0.141. The summed E-state index contributed by atoms with van der Waals surface area (Å²) in [5.41, 5.74) is 1.92. The molecule has 0 radical (unpaired) electrons. The van der Waals surface area contributed by atoms with Gasteiger partial charge in [-0.05, 0) is 55.8 Å². The number of piperazine rings is 1. The van der Waals surface area contributed by atoms with Gasteiger partial charge in [0.05, 0.1) is 0 Å². The van der Waals surface area contributed by atoms with Gasteiger partial charge in [-0.25, -0.2) is 4.39 Å². The molecule has 0 unspecified atom stereocenters. The predicted molar refractivity (Wildman–Crippen MR) is 96.6 cm³/mol. The van der Waals surface area contributed by atoms with Crippen molar-refractivity contribution in [3.63, 3.8) is 0 Å².